The van der Waals surface area contributed by atoms with Gasteiger partial charge in [0.15, 0.2) is 0 Å². The molecular formula is C23H32N2O3. The van der Waals surface area contributed by atoms with Gasteiger partial charge in [0.25, 0.3) is 0 Å². The third kappa shape index (κ3) is 2.86. The molecule has 2 fully saturated rings. The Morgan fingerprint density at radius 2 is 1.86 bits per heavy atom. The van der Waals surface area contributed by atoms with E-state index in [9.17, 15) is 14.7 Å². The number of carbonyl (C=O) groups excluding carboxylic acids is 2. The van der Waals surface area contributed by atoms with Gasteiger partial charge in [-0.1, -0.05) is 26.0 Å². The van der Waals surface area contributed by atoms with Crippen molar-refractivity contribution in [2.75, 3.05) is 0 Å². The minimum atomic E-state index is -0.570. The molecule has 7 atom stereocenters. The lowest BCUT2D eigenvalue weighted by Gasteiger charge is -2.56. The van der Waals surface area contributed by atoms with Crippen LogP contribution in [0.4, 0.5) is 0 Å². The van der Waals surface area contributed by atoms with Crippen LogP contribution in [0.3, 0.4) is 0 Å². The number of nitrogens with one attached hydrogen (secondary N) is 2. The Labute approximate surface area is 167 Å². The molecule has 0 aromatic rings. The van der Waals surface area contributed by atoms with E-state index in [0.29, 0.717) is 11.8 Å². The number of allylic oxidation sites excluding steroid dienone is 4. The van der Waals surface area contributed by atoms with E-state index in [2.05, 4.69) is 36.6 Å². The fourth-order valence-corrected chi connectivity index (χ4v) is 6.67. The van der Waals surface area contributed by atoms with Gasteiger partial charge in [-0.15, -0.1) is 0 Å². The number of amides is 2. The second-order valence-corrected chi connectivity index (χ2v) is 9.65. The molecule has 4 aliphatic rings. The Balaban J connectivity index is 1.77. The van der Waals surface area contributed by atoms with Crippen LogP contribution in [0, 0.1) is 28.6 Å². The maximum Gasteiger partial charge on any atom is 0.221 e. The molecule has 5 heteroatoms. The van der Waals surface area contributed by atoms with Gasteiger partial charge in [-0.05, 0) is 60.7 Å². The standard InChI is InChI=1S/C23H32N2O3/c1-13(26)24-19-12-15-11-16(28)7-9-22(15,3)18-8-10-23(4)17(21(18)19)5-6-20(23)25-14(2)27/h7,9,11-12,16-18,20-21,28H,5-6,8,10H2,1-4H3,(H,24,26)(H,25,27)/t16-,17-,18-,20-,21-,22-,23-/m0/s1. The minimum absolute atomic E-state index is 0.0386. The Morgan fingerprint density at radius 3 is 2.54 bits per heavy atom. The summed E-state index contributed by atoms with van der Waals surface area (Å²) in [6, 6.07) is 0.197. The second kappa shape index (κ2) is 6.58. The van der Waals surface area contributed by atoms with Crippen molar-refractivity contribution in [1.29, 1.82) is 0 Å². The highest BCUT2D eigenvalue weighted by Gasteiger charge is 2.59. The van der Waals surface area contributed by atoms with Gasteiger partial charge < -0.3 is 15.7 Å². The summed E-state index contributed by atoms with van der Waals surface area (Å²) in [4.78, 5) is 23.7. The Bertz CT molecular complexity index is 798. The number of aliphatic hydroxyl groups is 1. The van der Waals surface area contributed by atoms with Crippen molar-refractivity contribution in [3.8, 4) is 0 Å². The quantitative estimate of drug-likeness (QED) is 0.641. The lowest BCUT2D eigenvalue weighted by molar-refractivity contribution is -0.121. The summed E-state index contributed by atoms with van der Waals surface area (Å²) in [7, 11) is 0. The first-order valence-electron chi connectivity index (χ1n) is 10.5. The summed E-state index contributed by atoms with van der Waals surface area (Å²) < 4.78 is 0. The van der Waals surface area contributed by atoms with Gasteiger partial charge in [0, 0.05) is 36.9 Å². The summed E-state index contributed by atoms with van der Waals surface area (Å²) >= 11 is 0. The molecule has 2 amide bonds. The van der Waals surface area contributed by atoms with E-state index in [1.54, 1.807) is 13.8 Å². The van der Waals surface area contributed by atoms with Crippen molar-refractivity contribution in [3.63, 3.8) is 0 Å². The average Bonchev–Trinajstić information content (AvgIpc) is 2.92. The normalized spacial score (nSPS) is 43.8. The van der Waals surface area contributed by atoms with Crippen LogP contribution in [0.25, 0.3) is 0 Å². The van der Waals surface area contributed by atoms with Crippen LogP contribution in [0.5, 0.6) is 0 Å². The van der Waals surface area contributed by atoms with Gasteiger partial charge in [0.05, 0.1) is 6.10 Å². The van der Waals surface area contributed by atoms with Gasteiger partial charge in [0.1, 0.15) is 0 Å². The zero-order chi connectivity index (χ0) is 20.3. The molecule has 4 rings (SSSR count). The highest BCUT2D eigenvalue weighted by Crippen LogP contribution is 2.64. The van der Waals surface area contributed by atoms with Crippen LogP contribution in [-0.4, -0.2) is 29.1 Å². The van der Waals surface area contributed by atoms with E-state index < -0.39 is 6.10 Å². The summed E-state index contributed by atoms with van der Waals surface area (Å²) in [5, 5.41) is 16.4. The molecule has 0 spiro atoms. The molecule has 2 saturated carbocycles. The molecule has 0 saturated heterocycles. The Hall–Kier alpha value is -1.88. The lowest BCUT2D eigenvalue weighted by atomic mass is 9.49. The molecule has 0 aliphatic heterocycles. The molecule has 0 aromatic carbocycles. The molecule has 152 valence electrons. The number of hydrogen-bond donors (Lipinski definition) is 3. The van der Waals surface area contributed by atoms with Crippen LogP contribution in [-0.2, 0) is 9.59 Å². The van der Waals surface area contributed by atoms with E-state index in [0.717, 1.165) is 37.0 Å². The van der Waals surface area contributed by atoms with Crippen molar-refractivity contribution in [1.82, 2.24) is 10.6 Å². The largest absolute Gasteiger partial charge is 0.385 e. The first kappa shape index (κ1) is 19.4. The van der Waals surface area contributed by atoms with E-state index in [4.69, 9.17) is 0 Å². The molecule has 0 heterocycles. The minimum Gasteiger partial charge on any atom is -0.385 e. The predicted molar refractivity (Wildman–Crippen MR) is 108 cm³/mol. The zero-order valence-electron chi connectivity index (χ0n) is 17.3. The number of fused-ring (bicyclic) bond motifs is 5. The first-order chi connectivity index (χ1) is 13.1. The van der Waals surface area contributed by atoms with Crippen molar-refractivity contribution < 1.29 is 14.7 Å². The van der Waals surface area contributed by atoms with E-state index in [1.165, 1.54) is 0 Å². The van der Waals surface area contributed by atoms with Crippen molar-refractivity contribution in [3.05, 3.63) is 35.6 Å². The Morgan fingerprint density at radius 1 is 1.11 bits per heavy atom. The van der Waals surface area contributed by atoms with Gasteiger partial charge in [-0.2, -0.15) is 0 Å². The highest BCUT2D eigenvalue weighted by molar-refractivity contribution is 5.75. The third-order valence-corrected chi connectivity index (χ3v) is 8.02. The molecule has 0 radical (unpaired) electrons. The van der Waals surface area contributed by atoms with Gasteiger partial charge in [-0.3, -0.25) is 9.59 Å². The average molecular weight is 385 g/mol. The summed E-state index contributed by atoms with van der Waals surface area (Å²) in [5.74, 6) is 1.04. The van der Waals surface area contributed by atoms with Gasteiger partial charge >= 0.3 is 0 Å². The summed E-state index contributed by atoms with van der Waals surface area (Å²) in [6.45, 7) is 7.75. The maximum absolute atomic E-state index is 12.0. The monoisotopic (exact) mass is 384 g/mol. The lowest BCUT2D eigenvalue weighted by Crippen LogP contribution is -2.54. The molecule has 4 aliphatic carbocycles. The van der Waals surface area contributed by atoms with E-state index >= 15 is 0 Å². The molecule has 0 aromatic heterocycles. The number of aliphatic hydroxyl groups excluding tert-OH is 1. The number of hydrogen-bond acceptors (Lipinski definition) is 3. The molecule has 3 N–H and O–H groups in total. The van der Waals surface area contributed by atoms with Crippen molar-refractivity contribution in [2.24, 2.45) is 28.6 Å². The predicted octanol–water partition coefficient (Wildman–Crippen LogP) is 2.83. The van der Waals surface area contributed by atoms with Crippen LogP contribution < -0.4 is 10.6 Å². The first-order valence-corrected chi connectivity index (χ1v) is 10.5. The molecule has 0 bridgehead atoms. The smallest absolute Gasteiger partial charge is 0.221 e. The van der Waals surface area contributed by atoms with Crippen molar-refractivity contribution >= 4 is 11.8 Å². The summed E-state index contributed by atoms with van der Waals surface area (Å²) in [6.07, 6.45) is 11.7. The van der Waals surface area contributed by atoms with E-state index in [-0.39, 0.29) is 34.6 Å². The van der Waals surface area contributed by atoms with E-state index in [1.807, 2.05) is 12.2 Å². The fraction of sp³-hybridized carbons (Fsp3) is 0.652. The van der Waals surface area contributed by atoms with Crippen LogP contribution >= 0.6 is 0 Å². The van der Waals surface area contributed by atoms with Crippen LogP contribution in [0.1, 0.15) is 53.4 Å². The van der Waals surface area contributed by atoms with Crippen LogP contribution in [0.2, 0.25) is 0 Å². The highest BCUT2D eigenvalue weighted by atomic mass is 16.3. The molecule has 28 heavy (non-hydrogen) atoms. The van der Waals surface area contributed by atoms with Gasteiger partial charge in [0.2, 0.25) is 11.8 Å². The molecular weight excluding hydrogens is 352 g/mol. The second-order valence-electron chi connectivity index (χ2n) is 9.65. The number of carbonyl (C=O) groups is 2. The van der Waals surface area contributed by atoms with Crippen molar-refractivity contribution in [2.45, 2.75) is 65.5 Å². The van der Waals surface area contributed by atoms with Crippen LogP contribution in [0.15, 0.2) is 35.6 Å². The topological polar surface area (TPSA) is 78.4 Å². The molecule has 5 nitrogen and oxygen atoms in total. The SMILES string of the molecule is CC(=O)NC1=CC2=C[C@@H](O)C=C[C@]2(C)[C@H]2CC[C@]3(C)[C@@H](NC(C)=O)CC[C@H]3[C@H]12. The fourth-order valence-electron chi connectivity index (χ4n) is 6.67. The van der Waals surface area contributed by atoms with Gasteiger partial charge in [-0.25, -0.2) is 0 Å². The third-order valence-electron chi connectivity index (χ3n) is 8.02. The zero-order valence-corrected chi connectivity index (χ0v) is 17.3. The molecule has 0 unspecified atom stereocenters. The summed E-state index contributed by atoms with van der Waals surface area (Å²) in [5.41, 5.74) is 2.01. The number of rotatable bonds is 2. The Kier molecular flexibility index (Phi) is 4.57. The maximum atomic E-state index is 12.0.